The summed E-state index contributed by atoms with van der Waals surface area (Å²) >= 11 is 0. The number of ether oxygens (including phenoxy) is 2. The first kappa shape index (κ1) is 27.3. The highest BCUT2D eigenvalue weighted by atomic mass is 16.5. The first-order valence-electron chi connectivity index (χ1n) is 12.6. The lowest BCUT2D eigenvalue weighted by atomic mass is 9.98. The molecule has 0 radical (unpaired) electrons. The van der Waals surface area contributed by atoms with Crippen molar-refractivity contribution in [2.45, 2.75) is 40.8 Å². The molecule has 0 aliphatic carbocycles. The third-order valence-corrected chi connectivity index (χ3v) is 6.57. The van der Waals surface area contributed by atoms with Crippen LogP contribution < -0.4 is 15.0 Å². The van der Waals surface area contributed by atoms with Gasteiger partial charge >= 0.3 is 0 Å². The molecule has 0 N–H and O–H groups in total. The Balaban J connectivity index is 1.77. The fraction of sp³-hybridized carbons (Fsp3) is 0.258. The second-order valence-corrected chi connectivity index (χ2v) is 9.15. The van der Waals surface area contributed by atoms with E-state index in [-0.39, 0.29) is 24.3 Å². The van der Waals surface area contributed by atoms with Crippen LogP contribution >= 0.6 is 0 Å². The van der Waals surface area contributed by atoms with Crippen molar-refractivity contribution in [3.63, 3.8) is 0 Å². The van der Waals surface area contributed by atoms with Crippen molar-refractivity contribution in [1.82, 2.24) is 14.5 Å². The van der Waals surface area contributed by atoms with Crippen LogP contribution in [0, 0.1) is 25.2 Å². The zero-order chi connectivity index (χ0) is 28.1. The number of aromatic nitrogens is 3. The fourth-order valence-electron chi connectivity index (χ4n) is 4.57. The molecule has 0 saturated carbocycles. The Morgan fingerprint density at radius 1 is 1.13 bits per heavy atom. The molecule has 0 aliphatic heterocycles. The zero-order valence-corrected chi connectivity index (χ0v) is 23.1. The van der Waals surface area contributed by atoms with Crippen LogP contribution in [0.5, 0.6) is 11.5 Å². The van der Waals surface area contributed by atoms with Crippen LogP contribution in [-0.2, 0) is 13.2 Å². The van der Waals surface area contributed by atoms with Gasteiger partial charge < -0.3 is 14.0 Å². The van der Waals surface area contributed by atoms with E-state index in [4.69, 9.17) is 19.4 Å². The van der Waals surface area contributed by atoms with Crippen molar-refractivity contribution >= 4 is 16.6 Å². The summed E-state index contributed by atoms with van der Waals surface area (Å²) in [5.41, 5.74) is 6.34. The van der Waals surface area contributed by atoms with Gasteiger partial charge in [0.2, 0.25) is 0 Å². The number of methoxy groups -OCH3 is 1. The number of benzene rings is 1. The second-order valence-electron chi connectivity index (χ2n) is 9.15. The van der Waals surface area contributed by atoms with Crippen molar-refractivity contribution in [3.05, 3.63) is 104 Å². The summed E-state index contributed by atoms with van der Waals surface area (Å²) in [6.07, 6.45) is 3.68. The van der Waals surface area contributed by atoms with Crippen LogP contribution in [0.15, 0.2) is 70.1 Å². The van der Waals surface area contributed by atoms with Gasteiger partial charge in [-0.05, 0) is 57.5 Å². The van der Waals surface area contributed by atoms with E-state index in [9.17, 15) is 10.1 Å². The molecule has 0 unspecified atom stereocenters. The summed E-state index contributed by atoms with van der Waals surface area (Å²) < 4.78 is 13.5. The maximum absolute atomic E-state index is 12.7. The summed E-state index contributed by atoms with van der Waals surface area (Å²) in [6, 6.07) is 14.8. The number of aliphatic imine (C=N–C) groups is 1. The number of nitrogens with zero attached hydrogens (tertiary/aromatic N) is 5. The van der Waals surface area contributed by atoms with E-state index in [0.29, 0.717) is 22.8 Å². The normalized spacial score (nSPS) is 11.9. The van der Waals surface area contributed by atoms with Gasteiger partial charge in [-0.15, -0.1) is 0 Å². The van der Waals surface area contributed by atoms with Crippen LogP contribution in [-0.4, -0.2) is 34.4 Å². The van der Waals surface area contributed by atoms with Gasteiger partial charge in [0, 0.05) is 41.6 Å². The lowest BCUT2D eigenvalue weighted by molar-refractivity contribution is 0.296. The molecule has 4 rings (SSSR count). The van der Waals surface area contributed by atoms with Gasteiger partial charge in [-0.3, -0.25) is 14.8 Å². The van der Waals surface area contributed by atoms with Gasteiger partial charge in [0.25, 0.3) is 5.56 Å². The molecule has 1 aromatic carbocycles. The van der Waals surface area contributed by atoms with Crippen LogP contribution in [0.4, 0.5) is 0 Å². The quantitative estimate of drug-likeness (QED) is 0.292. The molecular formula is C31H31N5O3. The molecule has 3 heterocycles. The van der Waals surface area contributed by atoms with Crippen molar-refractivity contribution in [1.29, 1.82) is 5.26 Å². The molecule has 0 atom stereocenters. The molecule has 8 nitrogen and oxygen atoms in total. The molecular weight excluding hydrogens is 490 g/mol. The third-order valence-electron chi connectivity index (χ3n) is 6.57. The summed E-state index contributed by atoms with van der Waals surface area (Å²) in [7, 11) is 3.38. The van der Waals surface area contributed by atoms with Crippen molar-refractivity contribution in [2.24, 2.45) is 4.99 Å². The Labute approximate surface area is 227 Å². The van der Waals surface area contributed by atoms with Gasteiger partial charge in [-0.2, -0.15) is 5.26 Å². The number of nitriles is 1. The SMILES string of the molecule is C/C=C(/C)C(=NC)c1cc(C)nc2c(OCc3c(OC)cc(C)nc3Cn3cccc(C#N)c3=O)cccc12. The highest BCUT2D eigenvalue weighted by Crippen LogP contribution is 2.31. The number of aryl methyl sites for hydroxylation is 2. The number of pyridine rings is 3. The number of hydrogen-bond donors (Lipinski definition) is 0. The minimum absolute atomic E-state index is 0.0751. The van der Waals surface area contributed by atoms with Gasteiger partial charge in [-0.25, -0.2) is 4.98 Å². The van der Waals surface area contributed by atoms with E-state index < -0.39 is 0 Å². The van der Waals surface area contributed by atoms with Crippen molar-refractivity contribution in [2.75, 3.05) is 14.2 Å². The van der Waals surface area contributed by atoms with Crippen LogP contribution in [0.25, 0.3) is 10.9 Å². The largest absolute Gasteiger partial charge is 0.496 e. The van der Waals surface area contributed by atoms with Crippen LogP contribution in [0.2, 0.25) is 0 Å². The van der Waals surface area contributed by atoms with Crippen LogP contribution in [0.1, 0.15) is 47.6 Å². The Kier molecular flexibility index (Phi) is 8.21. The Bertz CT molecular complexity index is 1710. The number of para-hydroxylation sites is 1. The highest BCUT2D eigenvalue weighted by Gasteiger charge is 2.18. The summed E-state index contributed by atoms with van der Waals surface area (Å²) in [6.45, 7) is 8.17. The summed E-state index contributed by atoms with van der Waals surface area (Å²) in [5, 5.41) is 10.2. The zero-order valence-electron chi connectivity index (χ0n) is 23.1. The predicted octanol–water partition coefficient (Wildman–Crippen LogP) is 5.30. The summed E-state index contributed by atoms with van der Waals surface area (Å²) in [5.74, 6) is 1.22. The van der Waals surface area contributed by atoms with Gasteiger partial charge in [0.05, 0.1) is 30.6 Å². The summed E-state index contributed by atoms with van der Waals surface area (Å²) in [4.78, 5) is 26.8. The van der Waals surface area contributed by atoms with Crippen LogP contribution in [0.3, 0.4) is 0 Å². The van der Waals surface area contributed by atoms with E-state index in [0.717, 1.165) is 39.1 Å². The minimum Gasteiger partial charge on any atom is -0.496 e. The maximum atomic E-state index is 12.7. The molecule has 0 aliphatic rings. The monoisotopic (exact) mass is 521 g/mol. The standard InChI is InChI=1S/C31H31N5O3/c1-7-19(2)29(33-5)24-14-20(3)35-30-23(24)11-8-12-27(30)39-18-25-26(34-21(4)15-28(25)38-6)17-36-13-9-10-22(16-32)31(36)37/h7-15H,17-18H2,1-6H3/b19-7-,33-29?. The Morgan fingerprint density at radius 2 is 1.90 bits per heavy atom. The van der Waals surface area contributed by atoms with Gasteiger partial charge in [0.15, 0.2) is 0 Å². The molecule has 198 valence electrons. The predicted molar refractivity (Wildman–Crippen MR) is 153 cm³/mol. The minimum atomic E-state index is -0.375. The molecule has 4 aromatic rings. The molecule has 0 saturated heterocycles. The number of allylic oxidation sites excluding steroid dienone is 2. The highest BCUT2D eigenvalue weighted by molar-refractivity contribution is 6.19. The molecule has 0 spiro atoms. The topological polar surface area (TPSA) is 102 Å². The first-order chi connectivity index (χ1) is 18.8. The molecule has 39 heavy (non-hydrogen) atoms. The van der Waals surface area contributed by atoms with E-state index >= 15 is 0 Å². The van der Waals surface area contributed by atoms with E-state index in [1.54, 1.807) is 26.4 Å². The van der Waals surface area contributed by atoms with Gasteiger partial charge in [-0.1, -0.05) is 18.2 Å². The fourth-order valence-corrected chi connectivity index (χ4v) is 4.57. The number of fused-ring (bicyclic) bond motifs is 1. The Hall–Kier alpha value is -4.77. The number of hydrogen-bond acceptors (Lipinski definition) is 7. The maximum Gasteiger partial charge on any atom is 0.268 e. The molecule has 0 bridgehead atoms. The lowest BCUT2D eigenvalue weighted by Gasteiger charge is -2.17. The number of rotatable bonds is 8. The van der Waals surface area contributed by atoms with Gasteiger partial charge in [0.1, 0.15) is 35.3 Å². The second kappa shape index (κ2) is 11.7. The average Bonchev–Trinajstić information content (AvgIpc) is 2.93. The van der Waals surface area contributed by atoms with E-state index in [2.05, 4.69) is 4.99 Å². The van der Waals surface area contributed by atoms with E-state index in [1.165, 1.54) is 10.6 Å². The smallest absolute Gasteiger partial charge is 0.268 e. The molecule has 8 heteroatoms. The van der Waals surface area contributed by atoms with Crippen molar-refractivity contribution < 1.29 is 9.47 Å². The first-order valence-corrected chi connectivity index (χ1v) is 12.6. The average molecular weight is 522 g/mol. The Morgan fingerprint density at radius 3 is 2.59 bits per heavy atom. The van der Waals surface area contributed by atoms with Crippen molar-refractivity contribution in [3.8, 4) is 17.6 Å². The molecule has 0 fully saturated rings. The molecule has 0 amide bonds. The molecule has 3 aromatic heterocycles. The third kappa shape index (κ3) is 5.58. The van der Waals surface area contributed by atoms with E-state index in [1.807, 2.05) is 70.2 Å². The lowest BCUT2D eigenvalue weighted by Crippen LogP contribution is -2.23.